The fraction of sp³-hybridized carbons (Fsp3) is 0.438. The van der Waals surface area contributed by atoms with Crippen LogP contribution in [0.15, 0.2) is 30.3 Å². The average molecular weight is 261 g/mol. The highest BCUT2D eigenvalue weighted by molar-refractivity contribution is 5.91. The molecule has 0 unspecified atom stereocenters. The molecular formula is C16H20FNO. The minimum absolute atomic E-state index is 0.0666. The molecule has 19 heavy (non-hydrogen) atoms. The van der Waals surface area contributed by atoms with Gasteiger partial charge in [-0.2, -0.15) is 0 Å². The van der Waals surface area contributed by atoms with Gasteiger partial charge in [0.05, 0.1) is 0 Å². The van der Waals surface area contributed by atoms with Gasteiger partial charge in [-0.25, -0.2) is 4.39 Å². The van der Waals surface area contributed by atoms with E-state index in [0.29, 0.717) is 12.0 Å². The number of rotatable bonds is 3. The van der Waals surface area contributed by atoms with E-state index in [1.807, 2.05) is 0 Å². The van der Waals surface area contributed by atoms with Crippen molar-refractivity contribution in [2.75, 3.05) is 0 Å². The lowest BCUT2D eigenvalue weighted by Gasteiger charge is -2.29. The largest absolute Gasteiger partial charge is 0.350 e. The maximum atomic E-state index is 12.7. The van der Waals surface area contributed by atoms with Crippen molar-refractivity contribution in [2.45, 2.75) is 38.6 Å². The Morgan fingerprint density at radius 3 is 2.63 bits per heavy atom. The number of hydrogen-bond acceptors (Lipinski definition) is 1. The van der Waals surface area contributed by atoms with Gasteiger partial charge in [-0.1, -0.05) is 31.9 Å². The molecule has 0 aliphatic heterocycles. The summed E-state index contributed by atoms with van der Waals surface area (Å²) in [4.78, 5) is 11.8. The molecule has 1 fully saturated rings. The molecule has 1 aromatic carbocycles. The molecule has 0 aromatic heterocycles. The third-order valence-electron chi connectivity index (χ3n) is 3.74. The summed E-state index contributed by atoms with van der Waals surface area (Å²) in [5.74, 6) is 0.220. The Labute approximate surface area is 113 Å². The van der Waals surface area contributed by atoms with Crippen LogP contribution in [0.1, 0.15) is 38.2 Å². The minimum atomic E-state index is -0.266. The average Bonchev–Trinajstić information content (AvgIpc) is 2.41. The van der Waals surface area contributed by atoms with Gasteiger partial charge < -0.3 is 5.32 Å². The Morgan fingerprint density at radius 1 is 1.26 bits per heavy atom. The molecule has 1 saturated carbocycles. The highest BCUT2D eigenvalue weighted by atomic mass is 19.1. The summed E-state index contributed by atoms with van der Waals surface area (Å²) < 4.78 is 12.7. The first-order valence-corrected chi connectivity index (χ1v) is 6.89. The van der Waals surface area contributed by atoms with E-state index in [2.05, 4.69) is 12.2 Å². The van der Waals surface area contributed by atoms with Gasteiger partial charge in [0.25, 0.3) is 0 Å². The van der Waals surface area contributed by atoms with E-state index in [4.69, 9.17) is 0 Å². The molecule has 1 amide bonds. The van der Waals surface area contributed by atoms with Crippen molar-refractivity contribution < 1.29 is 9.18 Å². The van der Waals surface area contributed by atoms with Crippen molar-refractivity contribution in [3.05, 3.63) is 41.7 Å². The highest BCUT2D eigenvalue weighted by Gasteiger charge is 2.21. The third-order valence-corrected chi connectivity index (χ3v) is 3.74. The monoisotopic (exact) mass is 261 g/mol. The van der Waals surface area contributed by atoms with Crippen LogP contribution in [0.3, 0.4) is 0 Å². The number of hydrogen-bond donors (Lipinski definition) is 1. The van der Waals surface area contributed by atoms with E-state index in [0.717, 1.165) is 12.0 Å². The van der Waals surface area contributed by atoms with Gasteiger partial charge in [-0.3, -0.25) is 4.79 Å². The lowest BCUT2D eigenvalue weighted by Crippen LogP contribution is -2.40. The molecule has 2 nitrogen and oxygen atoms in total. The standard InChI is InChI=1S/C16H20FNO/c1-12-4-2-3-5-15(12)18-16(19)11-8-13-6-9-14(17)10-7-13/h6-12,15H,2-5H2,1H3,(H,18,19)/b11-8+/t12-,15-/m0/s1. The van der Waals surface area contributed by atoms with Gasteiger partial charge in [-0.05, 0) is 42.5 Å². The fourth-order valence-corrected chi connectivity index (χ4v) is 2.51. The van der Waals surface area contributed by atoms with Crippen LogP contribution in [0.5, 0.6) is 0 Å². The van der Waals surface area contributed by atoms with Crippen molar-refractivity contribution in [1.82, 2.24) is 5.32 Å². The van der Waals surface area contributed by atoms with Crippen LogP contribution in [-0.4, -0.2) is 11.9 Å². The first-order valence-electron chi connectivity index (χ1n) is 6.89. The van der Waals surface area contributed by atoms with Crippen LogP contribution in [0.2, 0.25) is 0 Å². The maximum Gasteiger partial charge on any atom is 0.244 e. The summed E-state index contributed by atoms with van der Waals surface area (Å²) in [5, 5.41) is 3.05. The topological polar surface area (TPSA) is 29.1 Å². The van der Waals surface area contributed by atoms with E-state index >= 15 is 0 Å². The summed E-state index contributed by atoms with van der Waals surface area (Å²) in [6.07, 6.45) is 7.94. The number of nitrogens with one attached hydrogen (secondary N) is 1. The van der Waals surface area contributed by atoms with Crippen molar-refractivity contribution in [3.63, 3.8) is 0 Å². The summed E-state index contributed by atoms with van der Waals surface area (Å²) in [5.41, 5.74) is 0.827. The molecule has 0 saturated heterocycles. The second kappa shape index (κ2) is 6.50. The van der Waals surface area contributed by atoms with Crippen LogP contribution < -0.4 is 5.32 Å². The Bertz CT molecular complexity index is 452. The van der Waals surface area contributed by atoms with E-state index in [9.17, 15) is 9.18 Å². The number of carbonyl (C=O) groups is 1. The van der Waals surface area contributed by atoms with Gasteiger partial charge in [0.15, 0.2) is 0 Å². The van der Waals surface area contributed by atoms with Gasteiger partial charge in [0, 0.05) is 12.1 Å². The molecule has 3 heteroatoms. The van der Waals surface area contributed by atoms with Gasteiger partial charge in [-0.15, -0.1) is 0 Å². The zero-order chi connectivity index (χ0) is 13.7. The van der Waals surface area contributed by atoms with Crippen LogP contribution in [0.4, 0.5) is 4.39 Å². The fourth-order valence-electron chi connectivity index (χ4n) is 2.51. The number of carbonyl (C=O) groups excluding carboxylic acids is 1. The summed E-state index contributed by atoms with van der Waals surface area (Å²) in [6, 6.07) is 6.38. The van der Waals surface area contributed by atoms with E-state index in [1.165, 1.54) is 37.5 Å². The summed E-state index contributed by atoms with van der Waals surface area (Å²) in [6.45, 7) is 2.19. The molecule has 0 bridgehead atoms. The lowest BCUT2D eigenvalue weighted by atomic mass is 9.86. The summed E-state index contributed by atoms with van der Waals surface area (Å²) in [7, 11) is 0. The molecule has 0 spiro atoms. The number of benzene rings is 1. The second-order valence-electron chi connectivity index (χ2n) is 5.26. The Morgan fingerprint density at radius 2 is 1.95 bits per heavy atom. The van der Waals surface area contributed by atoms with Crippen molar-refractivity contribution in [3.8, 4) is 0 Å². The highest BCUT2D eigenvalue weighted by Crippen LogP contribution is 2.23. The van der Waals surface area contributed by atoms with Crippen LogP contribution >= 0.6 is 0 Å². The first kappa shape index (κ1) is 13.8. The normalized spacial score (nSPS) is 23.5. The second-order valence-corrected chi connectivity index (χ2v) is 5.26. The van der Waals surface area contributed by atoms with Crippen LogP contribution in [-0.2, 0) is 4.79 Å². The lowest BCUT2D eigenvalue weighted by molar-refractivity contribution is -0.117. The van der Waals surface area contributed by atoms with E-state index in [-0.39, 0.29) is 11.7 Å². The Kier molecular flexibility index (Phi) is 4.72. The molecule has 1 N–H and O–H groups in total. The molecule has 102 valence electrons. The SMILES string of the molecule is C[C@H]1CCCC[C@@H]1NC(=O)/C=C/c1ccc(F)cc1. The predicted octanol–water partition coefficient (Wildman–Crippen LogP) is 3.53. The van der Waals surface area contributed by atoms with Crippen molar-refractivity contribution in [1.29, 1.82) is 0 Å². The molecule has 1 aromatic rings. The molecule has 1 aliphatic carbocycles. The number of halogens is 1. The van der Waals surface area contributed by atoms with Gasteiger partial charge >= 0.3 is 0 Å². The molecular weight excluding hydrogens is 241 g/mol. The molecule has 1 aliphatic rings. The number of amides is 1. The summed E-state index contributed by atoms with van der Waals surface area (Å²) >= 11 is 0. The Balaban J connectivity index is 1.88. The molecule has 0 radical (unpaired) electrons. The Hall–Kier alpha value is -1.64. The van der Waals surface area contributed by atoms with Crippen molar-refractivity contribution >= 4 is 12.0 Å². The van der Waals surface area contributed by atoms with E-state index < -0.39 is 0 Å². The zero-order valence-corrected chi connectivity index (χ0v) is 11.2. The third kappa shape index (κ3) is 4.19. The predicted molar refractivity (Wildman–Crippen MR) is 75.0 cm³/mol. The van der Waals surface area contributed by atoms with Crippen molar-refractivity contribution in [2.24, 2.45) is 5.92 Å². The van der Waals surface area contributed by atoms with Gasteiger partial charge in [0.2, 0.25) is 5.91 Å². The zero-order valence-electron chi connectivity index (χ0n) is 11.2. The molecule has 2 atom stereocenters. The maximum absolute atomic E-state index is 12.7. The molecule has 2 rings (SSSR count). The van der Waals surface area contributed by atoms with Crippen LogP contribution in [0.25, 0.3) is 6.08 Å². The van der Waals surface area contributed by atoms with Crippen LogP contribution in [0, 0.1) is 11.7 Å². The van der Waals surface area contributed by atoms with Gasteiger partial charge in [0.1, 0.15) is 5.82 Å². The smallest absolute Gasteiger partial charge is 0.244 e. The molecule has 0 heterocycles. The van der Waals surface area contributed by atoms with E-state index in [1.54, 1.807) is 18.2 Å². The quantitative estimate of drug-likeness (QED) is 0.828. The first-order chi connectivity index (χ1) is 9.15. The minimum Gasteiger partial charge on any atom is -0.350 e.